The van der Waals surface area contributed by atoms with Crippen molar-refractivity contribution in [2.24, 2.45) is 0 Å². The van der Waals surface area contributed by atoms with Gasteiger partial charge in [0.25, 0.3) is 10.0 Å². The van der Waals surface area contributed by atoms with E-state index in [9.17, 15) is 12.8 Å². The topological polar surface area (TPSA) is 98.0 Å². The molecular weight excluding hydrogens is 375 g/mol. The van der Waals surface area contributed by atoms with Gasteiger partial charge in [-0.25, -0.2) is 22.8 Å². The Kier molecular flexibility index (Phi) is 4.11. The van der Waals surface area contributed by atoms with Gasteiger partial charge in [-0.3, -0.25) is 4.72 Å². The molecule has 0 bridgehead atoms. The van der Waals surface area contributed by atoms with Crippen LogP contribution >= 0.6 is 27.5 Å². The molecule has 3 N–H and O–H groups in total. The second kappa shape index (κ2) is 5.51. The number of halogens is 3. The predicted octanol–water partition coefficient (Wildman–Crippen LogP) is 2.41. The van der Waals surface area contributed by atoms with Crippen molar-refractivity contribution < 1.29 is 12.8 Å². The van der Waals surface area contributed by atoms with Crippen molar-refractivity contribution in [1.82, 2.24) is 9.97 Å². The molecule has 0 atom stereocenters. The molecule has 0 amide bonds. The number of nitrogen functional groups attached to an aromatic ring is 1. The summed E-state index contributed by atoms with van der Waals surface area (Å²) < 4.78 is 40.4. The Morgan fingerprint density at radius 2 is 1.95 bits per heavy atom. The highest BCUT2D eigenvalue weighted by molar-refractivity contribution is 9.10. The summed E-state index contributed by atoms with van der Waals surface area (Å²) in [5, 5.41) is -0.0198. The zero-order valence-corrected chi connectivity index (χ0v) is 12.8. The number of hydrogen-bond acceptors (Lipinski definition) is 5. The lowest BCUT2D eigenvalue weighted by atomic mass is 10.3. The molecule has 6 nitrogen and oxygen atoms in total. The molecule has 0 aliphatic rings. The van der Waals surface area contributed by atoms with Crippen molar-refractivity contribution in [3.63, 3.8) is 0 Å². The first-order valence-corrected chi connectivity index (χ1v) is 7.69. The number of anilines is 2. The van der Waals surface area contributed by atoms with E-state index in [1.54, 1.807) is 0 Å². The van der Waals surface area contributed by atoms with Crippen LogP contribution < -0.4 is 10.5 Å². The smallest absolute Gasteiger partial charge is 0.265 e. The van der Waals surface area contributed by atoms with Gasteiger partial charge in [-0.05, 0) is 22.0 Å². The van der Waals surface area contributed by atoms with Crippen LogP contribution in [0.15, 0.2) is 34.2 Å². The van der Waals surface area contributed by atoms with Gasteiger partial charge in [0.1, 0.15) is 11.2 Å². The highest BCUT2D eigenvalue weighted by Gasteiger charge is 2.24. The Morgan fingerprint density at radius 1 is 1.35 bits per heavy atom. The number of nitrogens with two attached hydrogens (primary N) is 1. The molecule has 0 aliphatic heterocycles. The monoisotopic (exact) mass is 380 g/mol. The highest BCUT2D eigenvalue weighted by atomic mass is 79.9. The minimum atomic E-state index is -4.20. The molecule has 2 aromatic rings. The molecule has 1 heterocycles. The van der Waals surface area contributed by atoms with E-state index < -0.39 is 20.7 Å². The standard InChI is InChI=1S/C10H7BrClFN4O2S/c11-8-6(12)1-7(9(13)10(8)14)20(18,19)17-5-2-15-4-16-3-5/h1-4,17H,14H2. The van der Waals surface area contributed by atoms with Gasteiger partial charge in [0.05, 0.1) is 33.3 Å². The number of aromatic nitrogens is 2. The molecule has 0 unspecified atom stereocenters. The van der Waals surface area contributed by atoms with Crippen molar-refractivity contribution >= 4 is 48.9 Å². The van der Waals surface area contributed by atoms with Crippen LogP contribution in [0.3, 0.4) is 0 Å². The quantitative estimate of drug-likeness (QED) is 0.628. The fraction of sp³-hybridized carbons (Fsp3) is 0. The first kappa shape index (κ1) is 14.9. The van der Waals surface area contributed by atoms with Gasteiger partial charge < -0.3 is 5.73 Å². The summed E-state index contributed by atoms with van der Waals surface area (Å²) in [7, 11) is -4.20. The fourth-order valence-corrected chi connectivity index (χ4v) is 3.07. The SMILES string of the molecule is Nc1c(F)c(S(=O)(=O)Nc2cncnc2)cc(Cl)c1Br. The Balaban J connectivity index is 2.51. The highest BCUT2D eigenvalue weighted by Crippen LogP contribution is 2.35. The van der Waals surface area contributed by atoms with Gasteiger partial charge in [0.15, 0.2) is 5.82 Å². The van der Waals surface area contributed by atoms with Crippen LogP contribution in [-0.4, -0.2) is 18.4 Å². The maximum absolute atomic E-state index is 14.0. The zero-order valence-electron chi connectivity index (χ0n) is 9.64. The summed E-state index contributed by atoms with van der Waals surface area (Å²) in [4.78, 5) is 6.63. The third-order valence-electron chi connectivity index (χ3n) is 2.26. The first-order chi connectivity index (χ1) is 9.33. The summed E-state index contributed by atoms with van der Waals surface area (Å²) in [6, 6.07) is 0.962. The van der Waals surface area contributed by atoms with Crippen molar-refractivity contribution in [2.45, 2.75) is 4.90 Å². The van der Waals surface area contributed by atoms with E-state index in [1.807, 2.05) is 0 Å². The number of hydrogen-bond donors (Lipinski definition) is 2. The Hall–Kier alpha value is -1.45. The van der Waals surface area contributed by atoms with E-state index in [4.69, 9.17) is 17.3 Å². The molecule has 10 heteroatoms. The number of nitrogens with one attached hydrogen (secondary N) is 1. The van der Waals surface area contributed by atoms with Gasteiger partial charge in [0.2, 0.25) is 0 Å². The molecule has 0 radical (unpaired) electrons. The molecule has 106 valence electrons. The molecular formula is C10H7BrClFN4O2S. The van der Waals surface area contributed by atoms with Gasteiger partial charge in [-0.1, -0.05) is 11.6 Å². The maximum Gasteiger partial charge on any atom is 0.265 e. The zero-order chi connectivity index (χ0) is 14.9. The number of sulfonamides is 1. The molecule has 0 aliphatic carbocycles. The average Bonchev–Trinajstić information content (AvgIpc) is 2.41. The lowest BCUT2D eigenvalue weighted by Gasteiger charge is -2.11. The van der Waals surface area contributed by atoms with E-state index in [2.05, 4.69) is 30.6 Å². The Labute approximate surface area is 127 Å². The van der Waals surface area contributed by atoms with Crippen LogP contribution in [0.2, 0.25) is 5.02 Å². The van der Waals surface area contributed by atoms with Crippen LogP contribution in [0.1, 0.15) is 0 Å². The molecule has 20 heavy (non-hydrogen) atoms. The third-order valence-corrected chi connectivity index (χ3v) is 5.02. The van der Waals surface area contributed by atoms with E-state index >= 15 is 0 Å². The van der Waals surface area contributed by atoms with Gasteiger partial charge in [-0.15, -0.1) is 0 Å². The summed E-state index contributed by atoms with van der Waals surface area (Å²) in [5.74, 6) is -1.09. The molecule has 0 spiro atoms. The molecule has 0 saturated carbocycles. The largest absolute Gasteiger partial charge is 0.395 e. The fourth-order valence-electron chi connectivity index (χ4n) is 1.36. The second-order valence-electron chi connectivity index (χ2n) is 3.63. The lowest BCUT2D eigenvalue weighted by Crippen LogP contribution is -2.16. The first-order valence-electron chi connectivity index (χ1n) is 5.03. The van der Waals surface area contributed by atoms with Gasteiger partial charge in [0, 0.05) is 0 Å². The minimum absolute atomic E-state index is 0.0198. The van der Waals surface area contributed by atoms with E-state index in [0.717, 1.165) is 6.07 Å². The molecule has 2 rings (SSSR count). The van der Waals surface area contributed by atoms with Crippen LogP contribution in [-0.2, 0) is 10.0 Å². The molecule has 0 fully saturated rings. The molecule has 1 aromatic carbocycles. The summed E-state index contributed by atoms with van der Waals surface area (Å²) >= 11 is 8.76. The normalized spacial score (nSPS) is 11.3. The number of rotatable bonds is 3. The van der Waals surface area contributed by atoms with Crippen molar-refractivity contribution in [1.29, 1.82) is 0 Å². The van der Waals surface area contributed by atoms with Crippen LogP contribution in [0, 0.1) is 5.82 Å². The molecule has 1 aromatic heterocycles. The van der Waals surface area contributed by atoms with Crippen LogP contribution in [0.4, 0.5) is 15.8 Å². The molecule has 0 saturated heterocycles. The minimum Gasteiger partial charge on any atom is -0.395 e. The van der Waals surface area contributed by atoms with Crippen LogP contribution in [0.25, 0.3) is 0 Å². The summed E-state index contributed by atoms with van der Waals surface area (Å²) in [6.07, 6.45) is 3.69. The average molecular weight is 382 g/mol. The van der Waals surface area contributed by atoms with Crippen molar-refractivity contribution in [2.75, 3.05) is 10.5 Å². The summed E-state index contributed by atoms with van der Waals surface area (Å²) in [6.45, 7) is 0. The Morgan fingerprint density at radius 3 is 2.55 bits per heavy atom. The van der Waals surface area contributed by atoms with Crippen LogP contribution in [0.5, 0.6) is 0 Å². The van der Waals surface area contributed by atoms with E-state index in [0.29, 0.717) is 0 Å². The Bertz CT molecular complexity index is 758. The maximum atomic E-state index is 14.0. The van der Waals surface area contributed by atoms with Gasteiger partial charge >= 0.3 is 0 Å². The number of nitrogens with zero attached hydrogens (tertiary/aromatic N) is 2. The summed E-state index contributed by atoms with van der Waals surface area (Å²) in [5.41, 5.74) is 5.15. The van der Waals surface area contributed by atoms with E-state index in [-0.39, 0.29) is 20.9 Å². The lowest BCUT2D eigenvalue weighted by molar-refractivity contribution is 0.572. The van der Waals surface area contributed by atoms with Crippen molar-refractivity contribution in [3.8, 4) is 0 Å². The third kappa shape index (κ3) is 2.84. The number of benzene rings is 1. The van der Waals surface area contributed by atoms with Gasteiger partial charge in [-0.2, -0.15) is 0 Å². The van der Waals surface area contributed by atoms with Crippen molar-refractivity contribution in [3.05, 3.63) is 40.1 Å². The predicted molar refractivity (Wildman–Crippen MR) is 76.4 cm³/mol. The second-order valence-corrected chi connectivity index (χ2v) is 6.48. The van der Waals surface area contributed by atoms with E-state index in [1.165, 1.54) is 18.7 Å².